The highest BCUT2D eigenvalue weighted by atomic mass is 28.2. The van der Waals surface area contributed by atoms with Crippen LogP contribution in [0.4, 0.5) is 0 Å². The van der Waals surface area contributed by atoms with Gasteiger partial charge in [-0.15, -0.1) is 0 Å². The van der Waals surface area contributed by atoms with Crippen LogP contribution in [0.3, 0.4) is 0 Å². The molecule has 0 fully saturated rings. The van der Waals surface area contributed by atoms with E-state index in [9.17, 15) is 4.79 Å². The van der Waals surface area contributed by atoms with E-state index in [0.717, 1.165) is 18.4 Å². The number of rotatable bonds is 11. The zero-order chi connectivity index (χ0) is 16.2. The maximum atomic E-state index is 12.1. The predicted octanol–water partition coefficient (Wildman–Crippen LogP) is 4.43. The molecule has 1 atom stereocenters. The normalized spacial score (nSPS) is 12.3. The average molecular weight is 321 g/mol. The minimum Gasteiger partial charge on any atom is -0.528 e. The van der Waals surface area contributed by atoms with Gasteiger partial charge in [0.25, 0.3) is 5.97 Å². The van der Waals surface area contributed by atoms with Gasteiger partial charge < -0.3 is 4.43 Å². The average Bonchev–Trinajstić information content (AvgIpc) is 2.54. The van der Waals surface area contributed by atoms with Crippen molar-refractivity contribution in [3.05, 3.63) is 35.4 Å². The second-order valence-electron chi connectivity index (χ2n) is 6.20. The van der Waals surface area contributed by atoms with Crippen molar-refractivity contribution in [2.45, 2.75) is 77.6 Å². The number of carbonyl (C=O) groups excluding carboxylic acids is 1. The summed E-state index contributed by atoms with van der Waals surface area (Å²) in [5, 5.41) is 0. The van der Waals surface area contributed by atoms with Gasteiger partial charge in [0.1, 0.15) is 0 Å². The second kappa shape index (κ2) is 11.5. The molecule has 22 heavy (non-hydrogen) atoms. The molecule has 0 spiro atoms. The number of hydrogen-bond donors (Lipinski definition) is 0. The molecule has 1 aromatic carbocycles. The minimum atomic E-state index is -0.0706. The van der Waals surface area contributed by atoms with E-state index >= 15 is 0 Å². The fourth-order valence-corrected chi connectivity index (χ4v) is 3.29. The molecule has 1 unspecified atom stereocenters. The molecule has 0 amide bonds. The summed E-state index contributed by atoms with van der Waals surface area (Å²) in [5.41, 5.74) is 2.34. The first-order valence-electron chi connectivity index (χ1n) is 8.84. The molecule has 124 valence electrons. The van der Waals surface area contributed by atoms with Crippen molar-refractivity contribution < 1.29 is 9.22 Å². The molecule has 0 aliphatic carbocycles. The molecule has 0 N–H and O–H groups in total. The van der Waals surface area contributed by atoms with Gasteiger partial charge in [0.15, 0.2) is 0 Å². The van der Waals surface area contributed by atoms with E-state index in [1.165, 1.54) is 50.5 Å². The van der Waals surface area contributed by atoms with Crippen LogP contribution in [0.5, 0.6) is 0 Å². The second-order valence-corrected chi connectivity index (χ2v) is 6.60. The Bertz CT molecular complexity index is 431. The summed E-state index contributed by atoms with van der Waals surface area (Å²) in [5.74, 6) is -0.109. The zero-order valence-electron chi connectivity index (χ0n) is 14.6. The number of unbranched alkanes of at least 4 members (excludes halogenated alkanes) is 7. The number of carbonyl (C=O) groups is 1. The Labute approximate surface area is 139 Å². The van der Waals surface area contributed by atoms with Crippen molar-refractivity contribution in [1.82, 2.24) is 0 Å². The molecule has 0 aliphatic heterocycles. The molecule has 0 heterocycles. The lowest BCUT2D eigenvalue weighted by molar-refractivity contribution is -0.136. The Morgan fingerprint density at radius 2 is 1.64 bits per heavy atom. The van der Waals surface area contributed by atoms with E-state index in [0.29, 0.717) is 10.5 Å². The predicted molar refractivity (Wildman–Crippen MR) is 97.2 cm³/mol. The van der Waals surface area contributed by atoms with Crippen LogP contribution in [0, 0.1) is 6.92 Å². The van der Waals surface area contributed by atoms with Crippen LogP contribution < -0.4 is 0 Å². The molecule has 0 saturated heterocycles. The fraction of sp³-hybridized carbons (Fsp3) is 0.632. The van der Waals surface area contributed by atoms with E-state index in [4.69, 9.17) is 4.43 Å². The minimum absolute atomic E-state index is 0.0380. The van der Waals surface area contributed by atoms with Crippen molar-refractivity contribution in [3.63, 3.8) is 0 Å². The summed E-state index contributed by atoms with van der Waals surface area (Å²) in [6.45, 7) is 4.33. The summed E-state index contributed by atoms with van der Waals surface area (Å²) >= 11 is 0. The van der Waals surface area contributed by atoms with Gasteiger partial charge in [-0.05, 0) is 24.5 Å². The first-order chi connectivity index (χ1) is 10.7. The third kappa shape index (κ3) is 6.78. The molecule has 0 aromatic heterocycles. The number of hydrogen-bond acceptors (Lipinski definition) is 2. The third-order valence-corrected chi connectivity index (χ3v) is 4.80. The largest absolute Gasteiger partial charge is 0.528 e. The molecule has 1 rings (SSSR count). The lowest BCUT2D eigenvalue weighted by atomic mass is 9.90. The van der Waals surface area contributed by atoms with Gasteiger partial charge in [-0.25, -0.2) is 0 Å². The van der Waals surface area contributed by atoms with Gasteiger partial charge >= 0.3 is 0 Å². The Balaban J connectivity index is 2.38. The Morgan fingerprint density at radius 1 is 1.05 bits per heavy atom. The Hall–Kier alpha value is -1.09. The topological polar surface area (TPSA) is 26.3 Å². The molecule has 2 nitrogen and oxygen atoms in total. The number of benzene rings is 1. The summed E-state index contributed by atoms with van der Waals surface area (Å²) < 4.78 is 5.14. The fourth-order valence-electron chi connectivity index (χ4n) is 3.00. The molecular weight excluding hydrogens is 288 g/mol. The highest BCUT2D eigenvalue weighted by molar-refractivity contribution is 6.06. The molecule has 0 radical (unpaired) electrons. The van der Waals surface area contributed by atoms with E-state index in [-0.39, 0.29) is 11.9 Å². The van der Waals surface area contributed by atoms with Crippen molar-refractivity contribution in [2.24, 2.45) is 0 Å². The van der Waals surface area contributed by atoms with Gasteiger partial charge in [0, 0.05) is 0 Å². The van der Waals surface area contributed by atoms with Gasteiger partial charge in [-0.2, -0.15) is 0 Å². The summed E-state index contributed by atoms with van der Waals surface area (Å²) in [6.07, 6.45) is 11.3. The molecule has 0 aliphatic rings. The SMILES string of the molecule is CCCCCCCCCCC(C(=O)O[SiH3])c1ccccc1C. The summed E-state index contributed by atoms with van der Waals surface area (Å²) in [7, 11) is 0.481. The maximum Gasteiger partial charge on any atom is 0.299 e. The smallest absolute Gasteiger partial charge is 0.299 e. The summed E-state index contributed by atoms with van der Waals surface area (Å²) in [4.78, 5) is 12.1. The number of aryl methyl sites for hydroxylation is 1. The Kier molecular flexibility index (Phi) is 9.88. The van der Waals surface area contributed by atoms with Gasteiger partial charge in [0.2, 0.25) is 10.5 Å². The van der Waals surface area contributed by atoms with E-state index in [2.05, 4.69) is 26.0 Å². The van der Waals surface area contributed by atoms with Gasteiger partial charge in [0.05, 0.1) is 5.92 Å². The van der Waals surface area contributed by atoms with Crippen molar-refractivity contribution in [2.75, 3.05) is 0 Å². The van der Waals surface area contributed by atoms with Gasteiger partial charge in [-0.1, -0.05) is 82.6 Å². The standard InChI is InChI=1S/C19H32O2Si/c1-3-4-5-6-7-8-9-10-15-18(19(20)21-22)17-14-12-11-13-16(17)2/h11-14,18H,3-10,15H2,1-2,22H3. The third-order valence-electron chi connectivity index (χ3n) is 4.40. The molecule has 0 bridgehead atoms. The Morgan fingerprint density at radius 3 is 2.23 bits per heavy atom. The van der Waals surface area contributed by atoms with Crippen molar-refractivity contribution >= 4 is 16.5 Å². The maximum absolute atomic E-state index is 12.1. The van der Waals surface area contributed by atoms with Crippen molar-refractivity contribution in [3.8, 4) is 0 Å². The van der Waals surface area contributed by atoms with Crippen molar-refractivity contribution in [1.29, 1.82) is 0 Å². The van der Waals surface area contributed by atoms with E-state index in [1.807, 2.05) is 12.1 Å². The lowest BCUT2D eigenvalue weighted by Crippen LogP contribution is -2.16. The zero-order valence-corrected chi connectivity index (χ0v) is 16.6. The van der Waals surface area contributed by atoms with Crippen LogP contribution in [0.15, 0.2) is 24.3 Å². The molecule has 3 heteroatoms. The lowest BCUT2D eigenvalue weighted by Gasteiger charge is -2.17. The monoisotopic (exact) mass is 320 g/mol. The summed E-state index contributed by atoms with van der Waals surface area (Å²) in [6, 6.07) is 8.20. The van der Waals surface area contributed by atoms with Crippen LogP contribution in [-0.2, 0) is 9.22 Å². The first-order valence-corrected chi connectivity index (χ1v) is 9.65. The van der Waals surface area contributed by atoms with Crippen LogP contribution in [0.1, 0.15) is 81.8 Å². The van der Waals surface area contributed by atoms with E-state index < -0.39 is 0 Å². The molecule has 0 saturated carbocycles. The highest BCUT2D eigenvalue weighted by Crippen LogP contribution is 2.26. The van der Waals surface area contributed by atoms with Crippen LogP contribution in [0.25, 0.3) is 0 Å². The highest BCUT2D eigenvalue weighted by Gasteiger charge is 2.21. The first kappa shape index (κ1) is 19.0. The van der Waals surface area contributed by atoms with Gasteiger partial charge in [-0.3, -0.25) is 4.79 Å². The van der Waals surface area contributed by atoms with Crippen LogP contribution >= 0.6 is 0 Å². The molecular formula is C19H32O2Si. The molecule has 1 aromatic rings. The quantitative estimate of drug-likeness (QED) is 0.445. The van der Waals surface area contributed by atoms with E-state index in [1.54, 1.807) is 0 Å². The van der Waals surface area contributed by atoms with Crippen LogP contribution in [0.2, 0.25) is 0 Å². The van der Waals surface area contributed by atoms with Crippen LogP contribution in [-0.4, -0.2) is 16.5 Å².